The molecule has 5 aliphatic rings. The smallest absolute Gasteiger partial charge is 0.260 e. The second kappa shape index (κ2) is 45.8. The molecule has 0 spiro atoms. The number of ether oxygens (including phenoxy) is 11. The van der Waals surface area contributed by atoms with Gasteiger partial charge in [0, 0.05) is 113 Å². The lowest BCUT2D eigenvalue weighted by Gasteiger charge is -2.28. The average molecular weight is 1660 g/mol. The van der Waals surface area contributed by atoms with Crippen LogP contribution in [0.15, 0.2) is 144 Å². The minimum Gasteiger partial charge on any atom is -0.497 e. The lowest BCUT2D eigenvalue weighted by atomic mass is 9.95. The Bertz CT molecular complexity index is 4810. The van der Waals surface area contributed by atoms with Crippen molar-refractivity contribution in [3.05, 3.63) is 167 Å². The number of para-hydroxylation sites is 1. The van der Waals surface area contributed by atoms with Crippen molar-refractivity contribution in [1.29, 1.82) is 0 Å². The summed E-state index contributed by atoms with van der Waals surface area (Å²) in [7, 11) is 3.16. The Morgan fingerprint density at radius 1 is 0.545 bits per heavy atom. The van der Waals surface area contributed by atoms with Crippen molar-refractivity contribution in [2.45, 2.75) is 131 Å². The van der Waals surface area contributed by atoms with Crippen LogP contribution in [0, 0.1) is 12.8 Å². The molecule has 0 radical (unpaired) electrons. The van der Waals surface area contributed by atoms with Crippen molar-refractivity contribution in [1.82, 2.24) is 40.7 Å². The summed E-state index contributed by atoms with van der Waals surface area (Å²) in [6.45, 7) is 21.7. The Kier molecular flexibility index (Phi) is 34.1. The van der Waals surface area contributed by atoms with Crippen LogP contribution < -0.4 is 45.1 Å². The van der Waals surface area contributed by atoms with E-state index in [1.54, 1.807) is 59.2 Å². The summed E-state index contributed by atoms with van der Waals surface area (Å²) in [5.41, 5.74) is 12.1. The monoisotopic (exact) mass is 1660 g/mol. The maximum Gasteiger partial charge on any atom is 0.260 e. The molecule has 121 heavy (non-hydrogen) atoms. The number of methoxy groups -OCH3 is 2. The van der Waals surface area contributed by atoms with Gasteiger partial charge < -0.3 is 88.1 Å². The first-order chi connectivity index (χ1) is 58.8. The van der Waals surface area contributed by atoms with Crippen molar-refractivity contribution in [3.63, 3.8) is 0 Å². The van der Waals surface area contributed by atoms with Crippen LogP contribution in [-0.2, 0) is 70.2 Å². The van der Waals surface area contributed by atoms with E-state index in [1.165, 1.54) is 14.0 Å². The molecule has 0 saturated carbocycles. The second-order valence-electron chi connectivity index (χ2n) is 29.8. The Balaban J connectivity index is 0.000000244. The molecule has 30 nitrogen and oxygen atoms in total. The summed E-state index contributed by atoms with van der Waals surface area (Å²) in [4.78, 5) is 106. The quantitative estimate of drug-likeness (QED) is 0.0258. The maximum absolute atomic E-state index is 14.0. The molecule has 0 unspecified atom stereocenters. The molecule has 644 valence electrons. The number of benzene rings is 6. The number of rotatable bonds is 44. The number of hydrogen-bond acceptors (Lipinski definition) is 22. The van der Waals surface area contributed by atoms with Crippen LogP contribution >= 0.6 is 0 Å². The number of nitrogens with zero attached hydrogens (tertiary/aromatic N) is 8. The van der Waals surface area contributed by atoms with E-state index in [0.29, 0.717) is 177 Å². The fourth-order valence-corrected chi connectivity index (χ4v) is 14.2. The molecule has 7 amide bonds. The summed E-state index contributed by atoms with van der Waals surface area (Å²) in [5, 5.41) is 20.1. The molecule has 1 aromatic heterocycles. The lowest BCUT2D eigenvalue weighted by molar-refractivity contribution is -0.131. The summed E-state index contributed by atoms with van der Waals surface area (Å²) in [5.74, 6) is 0.202. The Hall–Kier alpha value is -11.5. The molecule has 4 atom stereocenters. The van der Waals surface area contributed by atoms with Crippen molar-refractivity contribution >= 4 is 87.7 Å². The fourth-order valence-electron chi connectivity index (χ4n) is 14.2. The molecule has 6 aromatic carbocycles. The van der Waals surface area contributed by atoms with Crippen LogP contribution in [-0.4, -0.2) is 229 Å². The molecular weight excluding hydrogens is 1550 g/mol. The highest BCUT2D eigenvalue weighted by Gasteiger charge is 2.37. The third-order valence-electron chi connectivity index (χ3n) is 20.5. The van der Waals surface area contributed by atoms with Gasteiger partial charge in [0.25, 0.3) is 11.8 Å². The number of nitrogens with one attached hydrogen (secondary N) is 4. The summed E-state index contributed by atoms with van der Waals surface area (Å²) in [6.07, 6.45) is 11.1. The fraction of sp³-hybridized carbons (Fsp3) is 0.440. The van der Waals surface area contributed by atoms with Gasteiger partial charge in [-0.05, 0) is 108 Å². The number of amides is 7. The zero-order valence-corrected chi connectivity index (χ0v) is 70.6. The minimum atomic E-state index is -0.851. The Morgan fingerprint density at radius 3 is 1.66 bits per heavy atom. The second-order valence-corrected chi connectivity index (χ2v) is 29.8. The molecule has 0 aliphatic carbocycles. The molecule has 7 aromatic rings. The van der Waals surface area contributed by atoms with Gasteiger partial charge in [-0.15, -0.1) is 5.10 Å². The van der Waals surface area contributed by atoms with Gasteiger partial charge in [-0.3, -0.25) is 43.5 Å². The largest absolute Gasteiger partial charge is 0.497 e. The average Bonchev–Trinajstić information content (AvgIpc) is 1.69. The van der Waals surface area contributed by atoms with Gasteiger partial charge in [-0.1, -0.05) is 99.6 Å². The van der Waals surface area contributed by atoms with Crippen LogP contribution in [0.4, 0.5) is 22.7 Å². The lowest BCUT2D eigenvalue weighted by Crippen LogP contribution is -2.53. The van der Waals surface area contributed by atoms with Crippen molar-refractivity contribution < 1.29 is 85.7 Å². The zero-order chi connectivity index (χ0) is 85.6. The third-order valence-corrected chi connectivity index (χ3v) is 20.5. The number of aryl methyl sites for hydroxylation is 1. The van der Waals surface area contributed by atoms with E-state index in [0.717, 1.165) is 93.4 Å². The number of hydrogen-bond donors (Lipinski definition) is 4. The van der Waals surface area contributed by atoms with Gasteiger partial charge in [0.05, 0.1) is 166 Å². The first kappa shape index (κ1) is 90.3. The van der Waals surface area contributed by atoms with E-state index < -0.39 is 23.9 Å². The highest BCUT2D eigenvalue weighted by molar-refractivity contribution is 6.07. The molecule has 0 fully saturated rings. The van der Waals surface area contributed by atoms with Crippen LogP contribution in [0.3, 0.4) is 0 Å². The van der Waals surface area contributed by atoms with E-state index >= 15 is 0 Å². The van der Waals surface area contributed by atoms with E-state index in [2.05, 4.69) is 45.4 Å². The number of aromatic nitrogens is 3. The van der Waals surface area contributed by atoms with Gasteiger partial charge in [-0.25, -0.2) is 4.68 Å². The van der Waals surface area contributed by atoms with Crippen LogP contribution in [0.25, 0.3) is 33.7 Å². The predicted octanol–water partition coefficient (Wildman–Crippen LogP) is 11.7. The number of anilines is 2. The Labute approximate surface area is 706 Å². The van der Waals surface area contributed by atoms with Crippen molar-refractivity contribution in [2.75, 3.05) is 137 Å². The Morgan fingerprint density at radius 2 is 1.08 bits per heavy atom. The number of aliphatic imine (C=N–C) groups is 2. The van der Waals surface area contributed by atoms with Crippen molar-refractivity contribution in [3.8, 4) is 45.5 Å². The number of fused-ring (bicyclic) bond motifs is 9. The number of carbonyl (C=O) groups is 7. The molecule has 12 rings (SSSR count). The maximum atomic E-state index is 14.0. The highest BCUT2D eigenvalue weighted by Crippen LogP contribution is 2.44. The van der Waals surface area contributed by atoms with E-state index in [4.69, 9.17) is 62.1 Å². The minimum absolute atomic E-state index is 0.0504. The molecule has 6 heterocycles. The third kappa shape index (κ3) is 24.9. The summed E-state index contributed by atoms with van der Waals surface area (Å²) >= 11 is 0. The van der Waals surface area contributed by atoms with Gasteiger partial charge >= 0.3 is 0 Å². The van der Waals surface area contributed by atoms with Crippen LogP contribution in [0.5, 0.6) is 23.0 Å². The molecule has 5 aliphatic heterocycles. The summed E-state index contributed by atoms with van der Waals surface area (Å²) in [6, 6.07) is 35.6. The van der Waals surface area contributed by atoms with Crippen LogP contribution in [0.1, 0.15) is 129 Å². The van der Waals surface area contributed by atoms with E-state index in [9.17, 15) is 33.6 Å². The number of carbonyl (C=O) groups excluding carboxylic acids is 7. The van der Waals surface area contributed by atoms with E-state index in [1.807, 2.05) is 141 Å². The molecule has 4 N–H and O–H groups in total. The molecule has 30 heteroatoms. The standard InChI is InChI=1S/C52H55N7O9.C39H57N5O9/c1-29(2)48(56-32(5)60)50(62)55-31(4)49(61)57-37-13-9-33(10-14-37)35-20-39-26-54-44-24-47(46(66-7)22-42(44)52(64)59(39)27-35)68-18-8-17-67-45-23-43-41(19-30(45)3)51(63)58-28-36(21-38(58)25-53-43)34-11-15-40(65-6)16-12-34;1-3-17-47-21-25-51-28-24-50-20-16-44-39-34-11-7-8-12-35(34)43(31-32-9-5-6-10-33(32)38(39)41-42-44)37(46)14-13-36(45)40-15-19-49-23-27-53-30-29-52-26-22-48-18-4-2/h9-16,19,22-29,31,38-39,48H,8,17-18,20-21H2,1-7H3,(H,55,62)(H,56,60)(H,57,61);5-12H,3-4,13-31H2,1-2H3,(H,40,45)/t31-,38-,39-,48-;/m0./s1. The SMILES string of the molecule is CCCOCCOCCOCCOCCNC(=O)CCC(=O)N1Cc2ccccc2-c2nnn(CCOCCOCCOCCC)c2-c2ccccc21.COc1ccc(C2=CN3C(=O)c4cc(C)c(OCCCOc5cc6c(cc5OC)C(=O)N5C=C(c7ccc(NC(=O)[C@H](C)NC(=O)[C@@H](NC(C)=O)C(C)C)cc7)C[C@H]5C=N6)cc4N=C[C@@H]3C2)cc1. The predicted molar refractivity (Wildman–Crippen MR) is 460 cm³/mol. The highest BCUT2D eigenvalue weighted by atomic mass is 16.6. The van der Waals surface area contributed by atoms with Crippen LogP contribution in [0.2, 0.25) is 0 Å². The molecule has 0 bridgehead atoms. The first-order valence-electron chi connectivity index (χ1n) is 41.5. The topological polar surface area (TPSA) is 334 Å². The normalized spacial score (nSPS) is 15.2. The molecular formula is C91H112N12O18. The summed E-state index contributed by atoms with van der Waals surface area (Å²) < 4.78 is 63.9. The zero-order valence-electron chi connectivity index (χ0n) is 70.6. The van der Waals surface area contributed by atoms with Gasteiger partial charge in [0.15, 0.2) is 11.5 Å². The van der Waals surface area contributed by atoms with Gasteiger partial charge in [0.2, 0.25) is 29.5 Å². The van der Waals surface area contributed by atoms with Gasteiger partial charge in [0.1, 0.15) is 29.3 Å². The van der Waals surface area contributed by atoms with Crippen molar-refractivity contribution in [2.24, 2.45) is 15.9 Å². The van der Waals surface area contributed by atoms with Gasteiger partial charge in [-0.2, -0.15) is 0 Å². The molecule has 0 saturated heterocycles. The van der Waals surface area contributed by atoms with E-state index in [-0.39, 0.29) is 60.4 Å². The first-order valence-corrected chi connectivity index (χ1v) is 41.5.